The summed E-state index contributed by atoms with van der Waals surface area (Å²) in [5.41, 5.74) is 2.18. The van der Waals surface area contributed by atoms with E-state index in [1.807, 2.05) is 36.1 Å². The Hall–Kier alpha value is -2.40. The number of nitrogens with zero attached hydrogens (tertiary/aromatic N) is 2. The molecule has 3 rings (SSSR count). The number of ether oxygens (including phenoxy) is 1. The van der Waals surface area contributed by atoms with Crippen molar-refractivity contribution in [1.82, 2.24) is 4.90 Å². The van der Waals surface area contributed by atoms with E-state index in [0.717, 1.165) is 38.5 Å². The van der Waals surface area contributed by atoms with E-state index in [2.05, 4.69) is 4.90 Å². The van der Waals surface area contributed by atoms with Gasteiger partial charge in [-0.05, 0) is 49.7 Å². The second-order valence-electron chi connectivity index (χ2n) is 6.72. The third-order valence-electron chi connectivity index (χ3n) is 4.73. The minimum atomic E-state index is -0.325. The van der Waals surface area contributed by atoms with Gasteiger partial charge in [0.15, 0.2) is 5.78 Å². The van der Waals surface area contributed by atoms with E-state index in [1.54, 1.807) is 12.1 Å². The van der Waals surface area contributed by atoms with Crippen molar-refractivity contribution in [3.8, 4) is 5.75 Å². The van der Waals surface area contributed by atoms with Gasteiger partial charge in [0.05, 0.1) is 5.69 Å². The molecule has 0 aliphatic carbocycles. The first-order valence-corrected chi connectivity index (χ1v) is 9.00. The average Bonchev–Trinajstić information content (AvgIpc) is 2.62. The van der Waals surface area contributed by atoms with Crippen LogP contribution in [0.15, 0.2) is 42.5 Å². The molecule has 5 heteroatoms. The van der Waals surface area contributed by atoms with Crippen LogP contribution in [0.5, 0.6) is 5.75 Å². The topological polar surface area (TPSA) is 32.8 Å². The Bertz CT molecular complexity index is 770. The molecule has 1 heterocycles. The maximum atomic E-state index is 14.3. The lowest BCUT2D eigenvalue weighted by atomic mass is 10.1. The first-order valence-electron chi connectivity index (χ1n) is 9.00. The maximum absolute atomic E-state index is 14.3. The van der Waals surface area contributed by atoms with Gasteiger partial charge in [-0.1, -0.05) is 12.1 Å². The molecule has 0 spiro atoms. The number of carbonyl (C=O) groups is 1. The third-order valence-corrected chi connectivity index (χ3v) is 4.73. The van der Waals surface area contributed by atoms with Gasteiger partial charge in [-0.25, -0.2) is 4.39 Å². The predicted octanol–water partition coefficient (Wildman–Crippen LogP) is 3.54. The fourth-order valence-corrected chi connectivity index (χ4v) is 3.19. The molecule has 1 saturated heterocycles. The van der Waals surface area contributed by atoms with Crippen molar-refractivity contribution < 1.29 is 13.9 Å². The summed E-state index contributed by atoms with van der Waals surface area (Å²) in [4.78, 5) is 15.7. The number of carbonyl (C=O) groups excluding carboxylic acids is 1. The lowest BCUT2D eigenvalue weighted by Crippen LogP contribution is -2.47. The summed E-state index contributed by atoms with van der Waals surface area (Å²) in [7, 11) is 0. The van der Waals surface area contributed by atoms with Crippen LogP contribution in [0, 0.1) is 12.7 Å². The first kappa shape index (κ1) is 18.4. The van der Waals surface area contributed by atoms with Gasteiger partial charge in [0.25, 0.3) is 0 Å². The summed E-state index contributed by atoms with van der Waals surface area (Å²) >= 11 is 0. The summed E-state index contributed by atoms with van der Waals surface area (Å²) in [5, 5.41) is 0. The van der Waals surface area contributed by atoms with Gasteiger partial charge in [-0.15, -0.1) is 0 Å². The maximum Gasteiger partial charge on any atom is 0.159 e. The monoisotopic (exact) mass is 356 g/mol. The quantitative estimate of drug-likeness (QED) is 0.741. The number of anilines is 1. The highest BCUT2D eigenvalue weighted by atomic mass is 19.1. The normalized spacial score (nSPS) is 15.1. The van der Waals surface area contributed by atoms with Crippen molar-refractivity contribution in [2.75, 3.05) is 44.2 Å². The molecule has 0 aromatic heterocycles. The summed E-state index contributed by atoms with van der Waals surface area (Å²) in [6.45, 7) is 8.26. The molecule has 138 valence electrons. The minimum absolute atomic E-state index is 0.117. The zero-order valence-corrected chi connectivity index (χ0v) is 15.4. The molecule has 2 aromatic rings. The molecule has 2 aromatic carbocycles. The SMILES string of the molecule is CC(=O)c1ccc(N2CCN(CCOc3cccc(C)c3)CC2)c(F)c1. The Balaban J connectivity index is 1.47. The Morgan fingerprint density at radius 3 is 2.54 bits per heavy atom. The van der Waals surface area contributed by atoms with Crippen molar-refractivity contribution in [2.45, 2.75) is 13.8 Å². The smallest absolute Gasteiger partial charge is 0.159 e. The van der Waals surface area contributed by atoms with Gasteiger partial charge in [-0.2, -0.15) is 0 Å². The number of piperazine rings is 1. The molecular weight excluding hydrogens is 331 g/mol. The average molecular weight is 356 g/mol. The zero-order valence-electron chi connectivity index (χ0n) is 15.4. The van der Waals surface area contributed by atoms with Gasteiger partial charge in [0, 0.05) is 38.3 Å². The van der Waals surface area contributed by atoms with E-state index in [1.165, 1.54) is 18.6 Å². The van der Waals surface area contributed by atoms with Crippen LogP contribution in [-0.2, 0) is 0 Å². The second-order valence-corrected chi connectivity index (χ2v) is 6.72. The summed E-state index contributed by atoms with van der Waals surface area (Å²) in [5.74, 6) is 0.457. The molecule has 0 bridgehead atoms. The second kappa shape index (κ2) is 8.32. The summed E-state index contributed by atoms with van der Waals surface area (Å²) in [6, 6.07) is 12.8. The number of hydrogen-bond acceptors (Lipinski definition) is 4. The van der Waals surface area contributed by atoms with Crippen LogP contribution in [0.1, 0.15) is 22.8 Å². The van der Waals surface area contributed by atoms with Crippen LogP contribution in [0.25, 0.3) is 0 Å². The number of rotatable bonds is 6. The first-order chi connectivity index (χ1) is 12.5. The Morgan fingerprint density at radius 2 is 1.88 bits per heavy atom. The van der Waals surface area contributed by atoms with Crippen molar-refractivity contribution in [2.24, 2.45) is 0 Å². The highest BCUT2D eigenvalue weighted by Gasteiger charge is 2.20. The van der Waals surface area contributed by atoms with E-state index in [9.17, 15) is 9.18 Å². The van der Waals surface area contributed by atoms with Crippen molar-refractivity contribution in [3.05, 3.63) is 59.4 Å². The minimum Gasteiger partial charge on any atom is -0.492 e. The zero-order chi connectivity index (χ0) is 18.5. The Kier molecular flexibility index (Phi) is 5.89. The van der Waals surface area contributed by atoms with Gasteiger partial charge >= 0.3 is 0 Å². The van der Waals surface area contributed by atoms with E-state index in [0.29, 0.717) is 17.9 Å². The predicted molar refractivity (Wildman–Crippen MR) is 102 cm³/mol. The summed E-state index contributed by atoms with van der Waals surface area (Å²) in [6.07, 6.45) is 0. The fraction of sp³-hybridized carbons (Fsp3) is 0.381. The van der Waals surface area contributed by atoms with E-state index < -0.39 is 0 Å². The lowest BCUT2D eigenvalue weighted by molar-refractivity contribution is 0.101. The Labute approximate surface area is 154 Å². The molecule has 0 amide bonds. The number of benzene rings is 2. The van der Waals surface area contributed by atoms with Gasteiger partial charge in [0.1, 0.15) is 18.2 Å². The van der Waals surface area contributed by atoms with E-state index in [-0.39, 0.29) is 11.6 Å². The molecule has 0 radical (unpaired) electrons. The molecule has 0 unspecified atom stereocenters. The van der Waals surface area contributed by atoms with E-state index >= 15 is 0 Å². The van der Waals surface area contributed by atoms with Crippen LogP contribution >= 0.6 is 0 Å². The van der Waals surface area contributed by atoms with Gasteiger partial charge in [-0.3, -0.25) is 9.69 Å². The van der Waals surface area contributed by atoms with Crippen LogP contribution < -0.4 is 9.64 Å². The van der Waals surface area contributed by atoms with Crippen LogP contribution in [0.3, 0.4) is 0 Å². The number of aryl methyl sites for hydroxylation is 1. The Morgan fingerprint density at radius 1 is 1.12 bits per heavy atom. The number of hydrogen-bond donors (Lipinski definition) is 0. The molecule has 0 saturated carbocycles. The van der Waals surface area contributed by atoms with Crippen LogP contribution in [0.2, 0.25) is 0 Å². The number of halogens is 1. The summed E-state index contributed by atoms with van der Waals surface area (Å²) < 4.78 is 20.1. The van der Waals surface area contributed by atoms with Gasteiger partial charge < -0.3 is 9.64 Å². The molecule has 4 nitrogen and oxygen atoms in total. The molecule has 26 heavy (non-hydrogen) atoms. The standard InChI is InChI=1S/C21H25FN2O2/c1-16-4-3-5-19(14-16)26-13-12-23-8-10-24(11-9-23)21-7-6-18(17(2)25)15-20(21)22/h3-7,14-15H,8-13H2,1-2H3. The van der Waals surface area contributed by atoms with Crippen LogP contribution in [0.4, 0.5) is 10.1 Å². The number of Topliss-reactive ketones (excluding diaryl/α,β-unsaturated/α-hetero) is 1. The van der Waals surface area contributed by atoms with Crippen molar-refractivity contribution >= 4 is 11.5 Å². The largest absolute Gasteiger partial charge is 0.492 e. The van der Waals surface area contributed by atoms with Crippen LogP contribution in [-0.4, -0.2) is 50.0 Å². The van der Waals surface area contributed by atoms with E-state index in [4.69, 9.17) is 4.74 Å². The number of ketones is 1. The van der Waals surface area contributed by atoms with Crippen molar-refractivity contribution in [3.63, 3.8) is 0 Å². The highest BCUT2D eigenvalue weighted by Crippen LogP contribution is 2.22. The highest BCUT2D eigenvalue weighted by molar-refractivity contribution is 5.94. The fourth-order valence-electron chi connectivity index (χ4n) is 3.19. The molecule has 1 aliphatic heterocycles. The van der Waals surface area contributed by atoms with Crippen molar-refractivity contribution in [1.29, 1.82) is 0 Å². The molecule has 1 fully saturated rings. The molecular formula is C21H25FN2O2. The molecule has 0 atom stereocenters. The lowest BCUT2D eigenvalue weighted by Gasteiger charge is -2.36. The molecule has 0 N–H and O–H groups in total. The molecule has 1 aliphatic rings. The van der Waals surface area contributed by atoms with Gasteiger partial charge in [0.2, 0.25) is 0 Å². The third kappa shape index (κ3) is 4.61.